The number of carbonyl (C=O) groups excluding carboxylic acids is 1. The summed E-state index contributed by atoms with van der Waals surface area (Å²) in [4.78, 5) is 16.0. The second-order valence-electron chi connectivity index (χ2n) is 7.79. The fourth-order valence-electron chi connectivity index (χ4n) is 4.12. The average molecular weight is 384 g/mol. The highest BCUT2D eigenvalue weighted by Gasteiger charge is 2.45. The summed E-state index contributed by atoms with van der Waals surface area (Å²) >= 11 is 0. The van der Waals surface area contributed by atoms with Gasteiger partial charge in [-0.15, -0.1) is 0 Å². The summed E-state index contributed by atoms with van der Waals surface area (Å²) in [7, 11) is 0. The van der Waals surface area contributed by atoms with Gasteiger partial charge >= 0.3 is 12.3 Å². The van der Waals surface area contributed by atoms with Gasteiger partial charge in [0.05, 0.1) is 0 Å². The maximum Gasteiger partial charge on any atom is 0.425 e. The number of ether oxygens (including phenoxy) is 1. The number of nitrogens with zero attached hydrogens (tertiary/aromatic N) is 2. The van der Waals surface area contributed by atoms with Crippen LogP contribution in [0.25, 0.3) is 0 Å². The van der Waals surface area contributed by atoms with E-state index in [1.54, 1.807) is 0 Å². The van der Waals surface area contributed by atoms with Gasteiger partial charge in [-0.05, 0) is 51.6 Å². The van der Waals surface area contributed by atoms with Gasteiger partial charge in [-0.2, -0.15) is 13.2 Å². The van der Waals surface area contributed by atoms with Crippen molar-refractivity contribution in [2.75, 3.05) is 19.6 Å². The van der Waals surface area contributed by atoms with Crippen LogP contribution in [0.15, 0.2) is 24.3 Å². The van der Waals surface area contributed by atoms with Gasteiger partial charge in [0.15, 0.2) is 6.10 Å². The van der Waals surface area contributed by atoms with Crippen LogP contribution < -0.4 is 0 Å². The van der Waals surface area contributed by atoms with E-state index >= 15 is 0 Å². The van der Waals surface area contributed by atoms with Crippen molar-refractivity contribution in [2.45, 2.75) is 63.9 Å². The van der Waals surface area contributed by atoms with Gasteiger partial charge in [-0.3, -0.25) is 4.90 Å². The molecule has 2 saturated heterocycles. The normalized spacial score (nSPS) is 21.4. The van der Waals surface area contributed by atoms with Crippen LogP contribution in [-0.2, 0) is 11.3 Å². The lowest BCUT2D eigenvalue weighted by atomic mass is 9.85. The van der Waals surface area contributed by atoms with E-state index in [2.05, 4.69) is 40.8 Å². The summed E-state index contributed by atoms with van der Waals surface area (Å²) in [5.74, 6) is 0. The first-order chi connectivity index (χ1) is 12.7. The molecule has 1 unspecified atom stereocenters. The Labute approximate surface area is 158 Å². The lowest BCUT2D eigenvalue weighted by molar-refractivity contribution is -0.200. The number of benzene rings is 1. The molecule has 2 aliphatic heterocycles. The van der Waals surface area contributed by atoms with E-state index in [4.69, 9.17) is 0 Å². The van der Waals surface area contributed by atoms with Gasteiger partial charge in [0, 0.05) is 25.2 Å². The Bertz CT molecular complexity index is 652. The molecule has 1 atom stereocenters. The van der Waals surface area contributed by atoms with Gasteiger partial charge in [-0.1, -0.05) is 29.8 Å². The lowest BCUT2D eigenvalue weighted by Crippen LogP contribution is -2.53. The van der Waals surface area contributed by atoms with Gasteiger partial charge in [-0.25, -0.2) is 4.79 Å². The van der Waals surface area contributed by atoms with Gasteiger partial charge in [0.1, 0.15) is 0 Å². The maximum absolute atomic E-state index is 12.6. The lowest BCUT2D eigenvalue weighted by Gasteiger charge is -2.45. The number of aryl methyl sites for hydroxylation is 1. The largest absolute Gasteiger partial charge is 0.437 e. The predicted molar refractivity (Wildman–Crippen MR) is 96.4 cm³/mol. The first-order valence-corrected chi connectivity index (χ1v) is 9.52. The Kier molecular flexibility index (Phi) is 5.70. The molecule has 0 bridgehead atoms. The summed E-state index contributed by atoms with van der Waals surface area (Å²) < 4.78 is 42.4. The molecule has 0 aliphatic carbocycles. The molecule has 1 amide bonds. The number of halogens is 3. The zero-order valence-corrected chi connectivity index (χ0v) is 15.9. The van der Waals surface area contributed by atoms with Crippen LogP contribution >= 0.6 is 0 Å². The Morgan fingerprint density at radius 1 is 1.15 bits per heavy atom. The Morgan fingerprint density at radius 2 is 1.78 bits per heavy atom. The van der Waals surface area contributed by atoms with Crippen molar-refractivity contribution in [3.8, 4) is 0 Å². The zero-order valence-electron chi connectivity index (χ0n) is 15.9. The third-order valence-electron chi connectivity index (χ3n) is 5.93. The van der Waals surface area contributed by atoms with E-state index in [0.29, 0.717) is 13.1 Å². The number of rotatable bonds is 3. The third kappa shape index (κ3) is 4.57. The SMILES string of the molecule is Cc1ccc(CN2CCCC23CCN(C(=O)OC(C)C(F)(F)F)CC3)cc1. The van der Waals surface area contributed by atoms with Crippen LogP contribution in [0, 0.1) is 6.92 Å². The fourth-order valence-corrected chi connectivity index (χ4v) is 4.12. The van der Waals surface area contributed by atoms with Crippen molar-refractivity contribution in [1.82, 2.24) is 9.80 Å². The van der Waals surface area contributed by atoms with Crippen LogP contribution in [-0.4, -0.2) is 53.3 Å². The molecule has 0 saturated carbocycles. The van der Waals surface area contributed by atoms with Crippen molar-refractivity contribution in [3.63, 3.8) is 0 Å². The molecule has 1 spiro atoms. The van der Waals surface area contributed by atoms with Gasteiger partial charge < -0.3 is 9.64 Å². The number of carbonyl (C=O) groups is 1. The number of hydrogen-bond acceptors (Lipinski definition) is 3. The molecule has 2 aliphatic rings. The zero-order chi connectivity index (χ0) is 19.7. The molecule has 27 heavy (non-hydrogen) atoms. The quantitative estimate of drug-likeness (QED) is 0.769. The van der Waals surface area contributed by atoms with Crippen molar-refractivity contribution in [3.05, 3.63) is 35.4 Å². The summed E-state index contributed by atoms with van der Waals surface area (Å²) in [5, 5.41) is 0. The molecular formula is C20H27F3N2O2. The standard InChI is InChI=1S/C20H27F3N2O2/c1-15-4-6-17(7-5-15)14-25-11-3-8-19(25)9-12-24(13-10-19)18(26)27-16(2)20(21,22)23/h4-7,16H,3,8-14H2,1-2H3. The molecule has 4 nitrogen and oxygen atoms in total. The number of piperidine rings is 1. The Morgan fingerprint density at radius 3 is 2.37 bits per heavy atom. The number of likely N-dealkylation sites (tertiary alicyclic amines) is 2. The Hall–Kier alpha value is -1.76. The van der Waals surface area contributed by atoms with E-state index < -0.39 is 18.4 Å². The maximum atomic E-state index is 12.6. The molecule has 0 radical (unpaired) electrons. The second-order valence-corrected chi connectivity index (χ2v) is 7.79. The summed E-state index contributed by atoms with van der Waals surface area (Å²) in [5.41, 5.74) is 2.54. The van der Waals surface area contributed by atoms with Crippen molar-refractivity contribution < 1.29 is 22.7 Å². The molecule has 150 valence electrons. The van der Waals surface area contributed by atoms with Crippen LogP contribution in [0.5, 0.6) is 0 Å². The third-order valence-corrected chi connectivity index (χ3v) is 5.93. The molecule has 2 fully saturated rings. The van der Waals surface area contributed by atoms with Gasteiger partial charge in [0.25, 0.3) is 0 Å². The first-order valence-electron chi connectivity index (χ1n) is 9.52. The second kappa shape index (κ2) is 7.70. The average Bonchev–Trinajstić information content (AvgIpc) is 2.98. The summed E-state index contributed by atoms with van der Waals surface area (Å²) in [6, 6.07) is 8.51. The minimum absolute atomic E-state index is 0.0390. The van der Waals surface area contributed by atoms with Crippen LogP contribution in [0.2, 0.25) is 0 Å². The molecule has 2 heterocycles. The number of amides is 1. The molecular weight excluding hydrogens is 357 g/mol. The summed E-state index contributed by atoms with van der Waals surface area (Å²) in [6.07, 6.45) is -3.74. The van der Waals surface area contributed by atoms with E-state index in [-0.39, 0.29) is 5.54 Å². The van der Waals surface area contributed by atoms with Crippen LogP contribution in [0.3, 0.4) is 0 Å². The monoisotopic (exact) mass is 384 g/mol. The van der Waals surface area contributed by atoms with E-state index in [9.17, 15) is 18.0 Å². The van der Waals surface area contributed by atoms with E-state index in [1.807, 2.05) is 0 Å². The van der Waals surface area contributed by atoms with Gasteiger partial charge in [0.2, 0.25) is 0 Å². The highest BCUT2D eigenvalue weighted by molar-refractivity contribution is 5.68. The molecule has 0 N–H and O–H groups in total. The minimum atomic E-state index is -4.52. The van der Waals surface area contributed by atoms with Crippen molar-refractivity contribution in [1.29, 1.82) is 0 Å². The molecule has 0 aromatic heterocycles. The fraction of sp³-hybridized carbons (Fsp3) is 0.650. The minimum Gasteiger partial charge on any atom is -0.437 e. The van der Waals surface area contributed by atoms with E-state index in [0.717, 1.165) is 45.7 Å². The molecule has 1 aromatic carbocycles. The number of alkyl halides is 3. The highest BCUT2D eigenvalue weighted by atomic mass is 19.4. The van der Waals surface area contributed by atoms with Crippen molar-refractivity contribution in [2.24, 2.45) is 0 Å². The summed E-state index contributed by atoms with van der Waals surface area (Å²) in [6.45, 7) is 5.69. The predicted octanol–water partition coefficient (Wildman–Crippen LogP) is 4.51. The molecule has 1 aromatic rings. The van der Waals surface area contributed by atoms with Crippen LogP contribution in [0.1, 0.15) is 43.7 Å². The molecule has 3 rings (SSSR count). The Balaban J connectivity index is 1.58. The van der Waals surface area contributed by atoms with E-state index in [1.165, 1.54) is 16.0 Å². The number of hydrogen-bond donors (Lipinski definition) is 0. The topological polar surface area (TPSA) is 32.8 Å². The smallest absolute Gasteiger partial charge is 0.425 e. The first kappa shape index (κ1) is 20.0. The molecule has 7 heteroatoms. The van der Waals surface area contributed by atoms with Crippen LogP contribution in [0.4, 0.5) is 18.0 Å². The van der Waals surface area contributed by atoms with Crippen molar-refractivity contribution >= 4 is 6.09 Å². The highest BCUT2D eigenvalue weighted by Crippen LogP contribution is 2.39.